The van der Waals surface area contributed by atoms with Crippen molar-refractivity contribution in [2.45, 2.75) is 6.92 Å². The normalized spacial score (nSPS) is 11.0. The van der Waals surface area contributed by atoms with Crippen molar-refractivity contribution in [1.29, 1.82) is 0 Å². The van der Waals surface area contributed by atoms with Crippen LogP contribution in [0.25, 0.3) is 0 Å². The lowest BCUT2D eigenvalue weighted by atomic mass is 10.1. The van der Waals surface area contributed by atoms with E-state index in [0.29, 0.717) is 4.99 Å². The van der Waals surface area contributed by atoms with Gasteiger partial charge in [-0.2, -0.15) is 5.10 Å². The first kappa shape index (κ1) is 14.2. The molecule has 0 fully saturated rings. The third kappa shape index (κ3) is 3.65. The van der Waals surface area contributed by atoms with Crippen molar-refractivity contribution >= 4 is 28.6 Å². The standard InChI is InChI=1S/C16H17N3S/c1-12-8-10-14(11-9-12)18-19-15(16(20)17-2)13-6-4-3-5-7-13/h3-11,18H,1-2H3,(H,17,20)/b19-15-. The molecular weight excluding hydrogens is 266 g/mol. The van der Waals surface area contributed by atoms with E-state index in [4.69, 9.17) is 12.2 Å². The van der Waals surface area contributed by atoms with Crippen LogP contribution in [0, 0.1) is 6.92 Å². The molecular formula is C16H17N3S. The van der Waals surface area contributed by atoms with Gasteiger partial charge in [0.2, 0.25) is 0 Å². The number of hydrogen-bond acceptors (Lipinski definition) is 3. The predicted molar refractivity (Wildman–Crippen MR) is 89.4 cm³/mol. The fraction of sp³-hybridized carbons (Fsp3) is 0.125. The number of hydrazone groups is 1. The molecule has 4 heteroatoms. The Labute approximate surface area is 124 Å². The molecule has 2 aromatic carbocycles. The molecule has 0 amide bonds. The van der Waals surface area contributed by atoms with Gasteiger partial charge in [-0.1, -0.05) is 60.2 Å². The van der Waals surface area contributed by atoms with E-state index in [-0.39, 0.29) is 0 Å². The first-order valence-corrected chi connectivity index (χ1v) is 6.79. The first-order valence-electron chi connectivity index (χ1n) is 6.38. The molecule has 0 aliphatic carbocycles. The maximum Gasteiger partial charge on any atom is 0.127 e. The highest BCUT2D eigenvalue weighted by Gasteiger charge is 2.08. The highest BCUT2D eigenvalue weighted by molar-refractivity contribution is 7.82. The highest BCUT2D eigenvalue weighted by atomic mass is 32.1. The van der Waals surface area contributed by atoms with Gasteiger partial charge in [-0.25, -0.2) is 0 Å². The van der Waals surface area contributed by atoms with Crippen molar-refractivity contribution in [2.75, 3.05) is 12.5 Å². The molecule has 0 heterocycles. The number of thiocarbonyl (C=S) groups is 1. The van der Waals surface area contributed by atoms with Gasteiger partial charge in [-0.3, -0.25) is 5.43 Å². The van der Waals surface area contributed by atoms with Crippen LogP contribution in [0.15, 0.2) is 59.7 Å². The summed E-state index contributed by atoms with van der Waals surface area (Å²) in [5.41, 5.74) is 6.90. The van der Waals surface area contributed by atoms with Gasteiger partial charge < -0.3 is 5.32 Å². The van der Waals surface area contributed by atoms with Gasteiger partial charge in [0.15, 0.2) is 0 Å². The summed E-state index contributed by atoms with van der Waals surface area (Å²) in [7, 11) is 1.80. The molecule has 2 N–H and O–H groups in total. The van der Waals surface area contributed by atoms with Crippen LogP contribution in [-0.4, -0.2) is 17.7 Å². The van der Waals surface area contributed by atoms with Crippen LogP contribution in [0.3, 0.4) is 0 Å². The number of likely N-dealkylation sites (N-methyl/N-ethyl adjacent to an activating group) is 1. The highest BCUT2D eigenvalue weighted by Crippen LogP contribution is 2.10. The Kier molecular flexibility index (Phi) is 4.85. The van der Waals surface area contributed by atoms with E-state index in [1.54, 1.807) is 7.05 Å². The molecule has 0 spiro atoms. The van der Waals surface area contributed by atoms with Gasteiger partial charge in [-0.15, -0.1) is 0 Å². The minimum Gasteiger partial charge on any atom is -0.378 e. The van der Waals surface area contributed by atoms with Crippen LogP contribution in [0.5, 0.6) is 0 Å². The van der Waals surface area contributed by atoms with Gasteiger partial charge in [-0.05, 0) is 19.1 Å². The Balaban J connectivity index is 2.25. The van der Waals surface area contributed by atoms with Crippen LogP contribution < -0.4 is 10.7 Å². The predicted octanol–water partition coefficient (Wildman–Crippen LogP) is 3.36. The molecule has 2 aromatic rings. The summed E-state index contributed by atoms with van der Waals surface area (Å²) in [5.74, 6) is 0. The second-order valence-electron chi connectivity index (χ2n) is 4.38. The zero-order chi connectivity index (χ0) is 14.4. The van der Waals surface area contributed by atoms with Crippen molar-refractivity contribution in [2.24, 2.45) is 5.10 Å². The number of aryl methyl sites for hydroxylation is 1. The number of benzene rings is 2. The maximum absolute atomic E-state index is 5.31. The molecule has 0 saturated carbocycles. The molecule has 0 radical (unpaired) electrons. The minimum atomic E-state index is 0.607. The largest absolute Gasteiger partial charge is 0.378 e. The minimum absolute atomic E-state index is 0.607. The van der Waals surface area contributed by atoms with Crippen molar-refractivity contribution in [1.82, 2.24) is 5.32 Å². The summed E-state index contributed by atoms with van der Waals surface area (Å²) in [4.78, 5) is 0.607. The van der Waals surface area contributed by atoms with E-state index in [1.165, 1.54) is 5.56 Å². The van der Waals surface area contributed by atoms with Crippen molar-refractivity contribution in [3.63, 3.8) is 0 Å². The maximum atomic E-state index is 5.31. The number of hydrogen-bond donors (Lipinski definition) is 2. The van der Waals surface area contributed by atoms with E-state index in [2.05, 4.69) is 22.8 Å². The Bertz CT molecular complexity index is 603. The molecule has 0 aliphatic heterocycles. The van der Waals surface area contributed by atoms with Crippen LogP contribution in [0.4, 0.5) is 5.69 Å². The monoisotopic (exact) mass is 283 g/mol. The molecule has 0 bridgehead atoms. The van der Waals surface area contributed by atoms with Crippen LogP contribution in [0.1, 0.15) is 11.1 Å². The molecule has 0 saturated heterocycles. The molecule has 0 aromatic heterocycles. The van der Waals surface area contributed by atoms with Gasteiger partial charge in [0.05, 0.1) is 5.69 Å². The number of anilines is 1. The third-order valence-electron chi connectivity index (χ3n) is 2.84. The summed E-state index contributed by atoms with van der Waals surface area (Å²) in [6.45, 7) is 2.05. The van der Waals surface area contributed by atoms with E-state index in [0.717, 1.165) is 17.0 Å². The lowest BCUT2D eigenvalue weighted by Gasteiger charge is -2.09. The Morgan fingerprint density at radius 2 is 1.65 bits per heavy atom. The third-order valence-corrected chi connectivity index (χ3v) is 3.24. The van der Waals surface area contributed by atoms with E-state index in [1.807, 2.05) is 54.6 Å². The van der Waals surface area contributed by atoms with Crippen molar-refractivity contribution < 1.29 is 0 Å². The number of rotatable bonds is 4. The summed E-state index contributed by atoms with van der Waals surface area (Å²) in [5, 5.41) is 7.40. The van der Waals surface area contributed by atoms with Gasteiger partial charge >= 0.3 is 0 Å². The van der Waals surface area contributed by atoms with Crippen molar-refractivity contribution in [3.05, 3.63) is 65.7 Å². The summed E-state index contributed by atoms with van der Waals surface area (Å²) < 4.78 is 0. The van der Waals surface area contributed by atoms with E-state index < -0.39 is 0 Å². The Morgan fingerprint density at radius 1 is 1.00 bits per heavy atom. The number of nitrogens with zero attached hydrogens (tertiary/aromatic N) is 1. The Morgan fingerprint density at radius 3 is 2.25 bits per heavy atom. The fourth-order valence-electron chi connectivity index (χ4n) is 1.71. The summed E-state index contributed by atoms with van der Waals surface area (Å²) >= 11 is 5.31. The van der Waals surface area contributed by atoms with Gasteiger partial charge in [0.25, 0.3) is 0 Å². The average Bonchev–Trinajstić information content (AvgIpc) is 2.50. The van der Waals surface area contributed by atoms with Crippen molar-refractivity contribution in [3.8, 4) is 0 Å². The van der Waals surface area contributed by atoms with Gasteiger partial charge in [0, 0.05) is 12.6 Å². The zero-order valence-electron chi connectivity index (χ0n) is 11.6. The second kappa shape index (κ2) is 6.82. The second-order valence-corrected chi connectivity index (χ2v) is 4.79. The lowest BCUT2D eigenvalue weighted by Crippen LogP contribution is -2.27. The molecule has 0 atom stereocenters. The summed E-state index contributed by atoms with van der Waals surface area (Å²) in [6.07, 6.45) is 0. The smallest absolute Gasteiger partial charge is 0.127 e. The summed E-state index contributed by atoms with van der Waals surface area (Å²) in [6, 6.07) is 17.9. The molecule has 3 nitrogen and oxygen atoms in total. The van der Waals surface area contributed by atoms with Crippen LogP contribution >= 0.6 is 12.2 Å². The SMILES string of the molecule is CNC(=S)/C(=N\Nc1ccc(C)cc1)c1ccccc1. The average molecular weight is 283 g/mol. The fourth-order valence-corrected chi connectivity index (χ4v) is 1.87. The molecule has 2 rings (SSSR count). The molecule has 0 unspecified atom stereocenters. The van der Waals surface area contributed by atoms with Crippen LogP contribution in [0.2, 0.25) is 0 Å². The zero-order valence-corrected chi connectivity index (χ0v) is 12.4. The molecule has 20 heavy (non-hydrogen) atoms. The number of nitrogens with one attached hydrogen (secondary N) is 2. The lowest BCUT2D eigenvalue weighted by molar-refractivity contribution is 1.21. The van der Waals surface area contributed by atoms with Gasteiger partial charge in [0.1, 0.15) is 10.7 Å². The molecule has 102 valence electrons. The first-order chi connectivity index (χ1) is 9.70. The van der Waals surface area contributed by atoms with Crippen LogP contribution in [-0.2, 0) is 0 Å². The molecule has 0 aliphatic rings. The van der Waals surface area contributed by atoms with E-state index >= 15 is 0 Å². The topological polar surface area (TPSA) is 36.4 Å². The quantitative estimate of drug-likeness (QED) is 0.513. The Hall–Kier alpha value is -2.20. The van der Waals surface area contributed by atoms with E-state index in [9.17, 15) is 0 Å².